The maximum absolute atomic E-state index is 13.3. The summed E-state index contributed by atoms with van der Waals surface area (Å²) in [5.74, 6) is 0.700. The van der Waals surface area contributed by atoms with Crippen LogP contribution in [0.1, 0.15) is 42.3 Å². The number of nitrogens with one attached hydrogen (secondary N) is 2. The molecule has 0 saturated heterocycles. The second-order valence-electron chi connectivity index (χ2n) is 9.32. The van der Waals surface area contributed by atoms with E-state index in [1.807, 2.05) is 51.1 Å². The Bertz CT molecular complexity index is 1330. The Morgan fingerprint density at radius 3 is 2.14 bits per heavy atom. The van der Waals surface area contributed by atoms with Crippen molar-refractivity contribution in [2.45, 2.75) is 32.8 Å². The molecule has 3 aromatic carbocycles. The van der Waals surface area contributed by atoms with Gasteiger partial charge in [-0.15, -0.1) is 0 Å². The van der Waals surface area contributed by atoms with Crippen molar-refractivity contribution >= 4 is 27.3 Å². The largest absolute Gasteiger partial charge is 0.493 e. The highest BCUT2D eigenvalue weighted by Crippen LogP contribution is 2.39. The van der Waals surface area contributed by atoms with Crippen molar-refractivity contribution < 1.29 is 27.4 Å². The molecule has 8 nitrogen and oxygen atoms in total. The van der Waals surface area contributed by atoms with Crippen molar-refractivity contribution in [2.24, 2.45) is 0 Å². The van der Waals surface area contributed by atoms with E-state index in [4.69, 9.17) is 14.2 Å². The van der Waals surface area contributed by atoms with E-state index in [2.05, 4.69) is 10.0 Å². The summed E-state index contributed by atoms with van der Waals surface area (Å²) >= 11 is 0. The SMILES string of the molecule is COc1ccc(C(=O)Nc2cc(C(C)(C)C)cc(NS(C)(=O)=O)c2OC)cc1OCc1ccccc1. The van der Waals surface area contributed by atoms with E-state index in [0.717, 1.165) is 17.4 Å². The molecule has 0 saturated carbocycles. The molecule has 0 heterocycles. The zero-order valence-electron chi connectivity index (χ0n) is 21.3. The number of sulfonamides is 1. The fraction of sp³-hybridized carbons (Fsp3) is 0.296. The van der Waals surface area contributed by atoms with Crippen LogP contribution in [0.5, 0.6) is 17.2 Å². The minimum atomic E-state index is -3.59. The van der Waals surface area contributed by atoms with Gasteiger partial charge in [0.2, 0.25) is 10.0 Å². The van der Waals surface area contributed by atoms with Crippen LogP contribution in [-0.2, 0) is 22.0 Å². The number of anilines is 2. The lowest BCUT2D eigenvalue weighted by molar-refractivity contribution is 0.102. The van der Waals surface area contributed by atoms with Gasteiger partial charge in [0, 0.05) is 5.56 Å². The van der Waals surface area contributed by atoms with E-state index >= 15 is 0 Å². The van der Waals surface area contributed by atoms with Gasteiger partial charge in [-0.25, -0.2) is 8.42 Å². The third kappa shape index (κ3) is 6.91. The number of methoxy groups -OCH3 is 2. The number of ether oxygens (including phenoxy) is 3. The summed E-state index contributed by atoms with van der Waals surface area (Å²) in [6.45, 7) is 6.28. The van der Waals surface area contributed by atoms with Gasteiger partial charge in [0.1, 0.15) is 6.61 Å². The Hall–Kier alpha value is -3.72. The maximum Gasteiger partial charge on any atom is 0.255 e. The van der Waals surface area contributed by atoms with Gasteiger partial charge in [-0.05, 0) is 46.9 Å². The van der Waals surface area contributed by atoms with Crippen LogP contribution in [0.2, 0.25) is 0 Å². The predicted molar refractivity (Wildman–Crippen MR) is 142 cm³/mol. The fourth-order valence-corrected chi connectivity index (χ4v) is 4.06. The third-order valence-electron chi connectivity index (χ3n) is 5.37. The Morgan fingerprint density at radius 1 is 0.889 bits per heavy atom. The van der Waals surface area contributed by atoms with Gasteiger partial charge in [0.25, 0.3) is 5.91 Å². The molecule has 9 heteroatoms. The Morgan fingerprint density at radius 2 is 1.56 bits per heavy atom. The van der Waals surface area contributed by atoms with Crippen molar-refractivity contribution in [3.05, 3.63) is 77.4 Å². The van der Waals surface area contributed by atoms with Crippen LogP contribution in [0.4, 0.5) is 11.4 Å². The van der Waals surface area contributed by atoms with Gasteiger partial charge in [-0.1, -0.05) is 51.1 Å². The highest BCUT2D eigenvalue weighted by Gasteiger charge is 2.23. The van der Waals surface area contributed by atoms with Crippen LogP contribution >= 0.6 is 0 Å². The monoisotopic (exact) mass is 512 g/mol. The minimum absolute atomic E-state index is 0.204. The molecule has 1 amide bonds. The van der Waals surface area contributed by atoms with Crippen LogP contribution in [0.3, 0.4) is 0 Å². The van der Waals surface area contributed by atoms with Gasteiger partial charge in [-0.3, -0.25) is 9.52 Å². The van der Waals surface area contributed by atoms with Crippen molar-refractivity contribution in [1.29, 1.82) is 0 Å². The van der Waals surface area contributed by atoms with Crippen molar-refractivity contribution in [2.75, 3.05) is 30.5 Å². The van der Waals surface area contributed by atoms with Crippen LogP contribution < -0.4 is 24.2 Å². The molecule has 36 heavy (non-hydrogen) atoms. The molecule has 192 valence electrons. The lowest BCUT2D eigenvalue weighted by atomic mass is 9.86. The summed E-state index contributed by atoms with van der Waals surface area (Å²) in [7, 11) is -0.639. The molecule has 3 aromatic rings. The lowest BCUT2D eigenvalue weighted by Crippen LogP contribution is -2.18. The average molecular weight is 513 g/mol. The van der Waals surface area contributed by atoms with Crippen LogP contribution in [0, 0.1) is 0 Å². The van der Waals surface area contributed by atoms with E-state index in [-0.39, 0.29) is 16.9 Å². The number of rotatable bonds is 9. The van der Waals surface area contributed by atoms with Gasteiger partial charge < -0.3 is 19.5 Å². The third-order valence-corrected chi connectivity index (χ3v) is 5.96. The molecule has 0 fully saturated rings. The molecule has 0 radical (unpaired) electrons. The van der Waals surface area contributed by atoms with Gasteiger partial charge in [-0.2, -0.15) is 0 Å². The molecule has 0 atom stereocenters. The zero-order valence-corrected chi connectivity index (χ0v) is 22.2. The first-order valence-corrected chi connectivity index (χ1v) is 13.2. The van der Waals surface area contributed by atoms with E-state index in [1.165, 1.54) is 14.2 Å². The minimum Gasteiger partial charge on any atom is -0.493 e. The predicted octanol–water partition coefficient (Wildman–Crippen LogP) is 5.20. The number of carbonyl (C=O) groups excluding carboxylic acids is 1. The molecular weight excluding hydrogens is 480 g/mol. The van der Waals surface area contributed by atoms with Crippen LogP contribution in [-0.4, -0.2) is 34.8 Å². The molecular formula is C27H32N2O6S. The standard InChI is InChI=1S/C27H32N2O6S/c1-27(2,3)20-15-21(25(34-5)22(16-20)29-36(6,31)32)28-26(30)19-12-13-23(33-4)24(14-19)35-17-18-10-8-7-9-11-18/h7-16,29H,17H2,1-6H3,(H,28,30). The van der Waals surface area contributed by atoms with Crippen LogP contribution in [0.25, 0.3) is 0 Å². The van der Waals surface area contributed by atoms with Crippen molar-refractivity contribution in [3.63, 3.8) is 0 Å². The smallest absolute Gasteiger partial charge is 0.255 e. The quantitative estimate of drug-likeness (QED) is 0.408. The molecule has 2 N–H and O–H groups in total. The number of carbonyl (C=O) groups is 1. The summed E-state index contributed by atoms with van der Waals surface area (Å²) in [5.41, 5.74) is 2.38. The molecule has 0 spiro atoms. The normalized spacial score (nSPS) is 11.5. The summed E-state index contributed by atoms with van der Waals surface area (Å²) in [6, 6.07) is 18.0. The Balaban J connectivity index is 1.95. The number of hydrogen-bond donors (Lipinski definition) is 2. The number of hydrogen-bond acceptors (Lipinski definition) is 6. The first-order chi connectivity index (χ1) is 16.9. The highest BCUT2D eigenvalue weighted by atomic mass is 32.2. The second-order valence-corrected chi connectivity index (χ2v) is 11.1. The summed E-state index contributed by atoms with van der Waals surface area (Å²) < 4.78 is 43.2. The first kappa shape index (κ1) is 26.9. The Labute approximate surface area is 212 Å². The zero-order chi connectivity index (χ0) is 26.5. The van der Waals surface area contributed by atoms with E-state index < -0.39 is 15.9 Å². The second kappa shape index (κ2) is 10.9. The fourth-order valence-electron chi connectivity index (χ4n) is 3.51. The topological polar surface area (TPSA) is 103 Å². The number of amides is 1. The van der Waals surface area contributed by atoms with E-state index in [0.29, 0.717) is 29.4 Å². The molecule has 0 aliphatic carbocycles. The van der Waals surface area contributed by atoms with Crippen LogP contribution in [0.15, 0.2) is 60.7 Å². The molecule has 3 rings (SSSR count). The van der Waals surface area contributed by atoms with E-state index in [9.17, 15) is 13.2 Å². The molecule has 0 aliphatic heterocycles. The first-order valence-electron chi connectivity index (χ1n) is 11.3. The van der Waals surface area contributed by atoms with E-state index in [1.54, 1.807) is 30.3 Å². The number of benzene rings is 3. The van der Waals surface area contributed by atoms with Gasteiger partial charge >= 0.3 is 0 Å². The molecule has 0 aliphatic rings. The summed E-state index contributed by atoms with van der Waals surface area (Å²) in [4.78, 5) is 13.3. The molecule has 0 bridgehead atoms. The lowest BCUT2D eigenvalue weighted by Gasteiger charge is -2.24. The maximum atomic E-state index is 13.3. The average Bonchev–Trinajstić information content (AvgIpc) is 2.81. The molecule has 0 aromatic heterocycles. The van der Waals surface area contributed by atoms with Gasteiger partial charge in [0.05, 0.1) is 31.9 Å². The molecule has 0 unspecified atom stereocenters. The summed E-state index contributed by atoms with van der Waals surface area (Å²) in [5, 5.41) is 2.86. The van der Waals surface area contributed by atoms with Crippen molar-refractivity contribution in [1.82, 2.24) is 0 Å². The van der Waals surface area contributed by atoms with Crippen molar-refractivity contribution in [3.8, 4) is 17.2 Å². The van der Waals surface area contributed by atoms with Gasteiger partial charge in [0.15, 0.2) is 17.2 Å². The summed E-state index contributed by atoms with van der Waals surface area (Å²) in [6.07, 6.45) is 1.06. The Kier molecular flexibility index (Phi) is 8.14. The highest BCUT2D eigenvalue weighted by molar-refractivity contribution is 7.92.